The highest BCUT2D eigenvalue weighted by Crippen LogP contribution is 2.54. The minimum atomic E-state index is -0.784. The summed E-state index contributed by atoms with van der Waals surface area (Å²) in [7, 11) is 0. The van der Waals surface area contributed by atoms with Crippen LogP contribution in [0.4, 0.5) is 0 Å². The molecule has 2 nitrogen and oxygen atoms in total. The van der Waals surface area contributed by atoms with Crippen molar-refractivity contribution < 1.29 is 10.2 Å². The Morgan fingerprint density at radius 2 is 1.00 bits per heavy atom. The van der Waals surface area contributed by atoms with Crippen molar-refractivity contribution in [3.05, 3.63) is 105 Å². The smallest absolute Gasteiger partial charge is 0.0982 e. The van der Waals surface area contributed by atoms with Crippen LogP contribution < -0.4 is 0 Å². The Balaban J connectivity index is 1.51. The van der Waals surface area contributed by atoms with Crippen LogP contribution >= 0.6 is 0 Å². The van der Waals surface area contributed by atoms with Gasteiger partial charge in [0.05, 0.1) is 11.2 Å². The molecule has 5 rings (SSSR count). The predicted octanol–water partition coefficient (Wildman–Crippen LogP) is 4.28. The first-order valence-electron chi connectivity index (χ1n) is 10.1. The van der Waals surface area contributed by atoms with E-state index in [1.54, 1.807) is 0 Å². The average molecular weight is 370 g/mol. The van der Waals surface area contributed by atoms with Crippen molar-refractivity contribution in [3.63, 3.8) is 0 Å². The molecule has 0 saturated carbocycles. The van der Waals surface area contributed by atoms with E-state index in [1.165, 1.54) is 22.3 Å². The molecule has 2 aliphatic rings. The van der Waals surface area contributed by atoms with Crippen molar-refractivity contribution in [2.24, 2.45) is 0 Å². The van der Waals surface area contributed by atoms with E-state index < -0.39 is 11.2 Å². The number of hydrogen-bond donors (Lipinski definition) is 2. The molecule has 0 heterocycles. The fourth-order valence-electron chi connectivity index (χ4n) is 5.55. The molecule has 28 heavy (non-hydrogen) atoms. The molecule has 3 aromatic carbocycles. The van der Waals surface area contributed by atoms with Gasteiger partial charge in [0.1, 0.15) is 0 Å². The van der Waals surface area contributed by atoms with E-state index >= 15 is 0 Å². The summed E-state index contributed by atoms with van der Waals surface area (Å²) in [5.74, 6) is 0. The van der Waals surface area contributed by atoms with Crippen LogP contribution in [-0.2, 0) is 36.9 Å². The van der Waals surface area contributed by atoms with Crippen molar-refractivity contribution in [2.75, 3.05) is 0 Å². The Kier molecular flexibility index (Phi) is 3.81. The number of fused-ring (bicyclic) bond motifs is 2. The maximum atomic E-state index is 11.4. The fraction of sp³-hybridized carbons (Fsp3) is 0.308. The van der Waals surface area contributed by atoms with E-state index in [4.69, 9.17) is 0 Å². The van der Waals surface area contributed by atoms with E-state index in [-0.39, 0.29) is 0 Å². The molecule has 0 spiro atoms. The lowest BCUT2D eigenvalue weighted by molar-refractivity contribution is -0.000530. The monoisotopic (exact) mass is 370 g/mol. The van der Waals surface area contributed by atoms with Gasteiger partial charge in [-0.1, -0.05) is 60.7 Å². The number of hydrogen-bond acceptors (Lipinski definition) is 2. The summed E-state index contributed by atoms with van der Waals surface area (Å²) in [5.41, 5.74) is 7.80. The first-order chi connectivity index (χ1) is 13.4. The van der Waals surface area contributed by atoms with Crippen LogP contribution in [0.25, 0.3) is 0 Å². The summed E-state index contributed by atoms with van der Waals surface area (Å²) in [5, 5.41) is 22.7. The van der Waals surface area contributed by atoms with Gasteiger partial charge in [-0.25, -0.2) is 0 Å². The molecule has 0 fully saturated rings. The second kappa shape index (κ2) is 6.04. The van der Waals surface area contributed by atoms with Crippen molar-refractivity contribution in [1.29, 1.82) is 0 Å². The maximum Gasteiger partial charge on any atom is 0.0982 e. The summed E-state index contributed by atoms with van der Waals surface area (Å²) in [6.45, 7) is 4.24. The molecule has 2 N–H and O–H groups in total. The standard InChI is InChI=1S/C26H26O2/c1-17-21-15-26(28,14-20-11-7-4-8-12-20)24(21)18(2)22-16-25(27,23(17)22)13-19-9-5-3-6-10-19/h3-12,27-28H,13-16H2,1-2H3/t25-,26-/m1/s1. The molecule has 0 bridgehead atoms. The highest BCUT2D eigenvalue weighted by molar-refractivity contribution is 5.64. The first kappa shape index (κ1) is 17.7. The highest BCUT2D eigenvalue weighted by atomic mass is 16.3. The van der Waals surface area contributed by atoms with Crippen molar-refractivity contribution in [1.82, 2.24) is 0 Å². The third-order valence-corrected chi connectivity index (χ3v) is 6.81. The van der Waals surface area contributed by atoms with Gasteiger partial charge < -0.3 is 10.2 Å². The summed E-state index contributed by atoms with van der Waals surface area (Å²) in [4.78, 5) is 0. The SMILES string of the molecule is Cc1c2c(c(C)c3c1[C@@](O)(Cc1ccccc1)C3)[C@@](O)(Cc1ccccc1)C2. The van der Waals surface area contributed by atoms with Crippen LogP contribution in [0.2, 0.25) is 0 Å². The van der Waals surface area contributed by atoms with Gasteiger partial charge in [-0.05, 0) is 58.4 Å². The number of aliphatic hydroxyl groups is 2. The molecule has 0 unspecified atom stereocenters. The van der Waals surface area contributed by atoms with E-state index in [2.05, 4.69) is 38.1 Å². The zero-order valence-electron chi connectivity index (χ0n) is 16.5. The first-order valence-corrected chi connectivity index (χ1v) is 10.1. The van der Waals surface area contributed by atoms with Gasteiger partial charge in [0, 0.05) is 25.7 Å². The molecule has 2 heteroatoms. The van der Waals surface area contributed by atoms with E-state index in [9.17, 15) is 10.2 Å². The second-order valence-electron chi connectivity index (χ2n) is 8.70. The van der Waals surface area contributed by atoms with E-state index in [0.717, 1.165) is 22.3 Å². The van der Waals surface area contributed by atoms with Gasteiger partial charge >= 0.3 is 0 Å². The van der Waals surface area contributed by atoms with Crippen LogP contribution in [0.15, 0.2) is 60.7 Å². The molecule has 0 radical (unpaired) electrons. The lowest BCUT2D eigenvalue weighted by Crippen LogP contribution is -2.48. The quantitative estimate of drug-likeness (QED) is 0.720. The summed E-state index contributed by atoms with van der Waals surface area (Å²) in [6, 6.07) is 20.4. The Bertz CT molecular complexity index is 951. The average Bonchev–Trinajstić information content (AvgIpc) is 2.65. The van der Waals surface area contributed by atoms with Crippen LogP contribution in [0.3, 0.4) is 0 Å². The molecule has 2 aliphatic carbocycles. The van der Waals surface area contributed by atoms with E-state index in [0.29, 0.717) is 25.7 Å². The van der Waals surface area contributed by atoms with Gasteiger partial charge in [0.25, 0.3) is 0 Å². The molecule has 0 aliphatic heterocycles. The van der Waals surface area contributed by atoms with Gasteiger partial charge in [-0.3, -0.25) is 0 Å². The second-order valence-corrected chi connectivity index (χ2v) is 8.70. The lowest BCUT2D eigenvalue weighted by atomic mass is 9.58. The topological polar surface area (TPSA) is 40.5 Å². The third-order valence-electron chi connectivity index (χ3n) is 6.81. The van der Waals surface area contributed by atoms with Crippen molar-refractivity contribution >= 4 is 0 Å². The van der Waals surface area contributed by atoms with Gasteiger partial charge in [-0.2, -0.15) is 0 Å². The maximum absolute atomic E-state index is 11.4. The zero-order valence-corrected chi connectivity index (χ0v) is 16.5. The minimum Gasteiger partial charge on any atom is -0.384 e. The van der Waals surface area contributed by atoms with Crippen LogP contribution in [0, 0.1) is 13.8 Å². The predicted molar refractivity (Wildman–Crippen MR) is 111 cm³/mol. The van der Waals surface area contributed by atoms with E-state index in [1.807, 2.05) is 36.4 Å². The Morgan fingerprint density at radius 3 is 1.36 bits per heavy atom. The number of benzene rings is 3. The van der Waals surface area contributed by atoms with Crippen LogP contribution in [-0.4, -0.2) is 10.2 Å². The Hall–Kier alpha value is -2.42. The zero-order chi connectivity index (χ0) is 19.5. The highest BCUT2D eigenvalue weighted by Gasteiger charge is 2.51. The summed E-state index contributed by atoms with van der Waals surface area (Å²) >= 11 is 0. The summed E-state index contributed by atoms with van der Waals surface area (Å²) in [6.07, 6.45) is 2.62. The van der Waals surface area contributed by atoms with Crippen molar-refractivity contribution in [2.45, 2.75) is 50.7 Å². The van der Waals surface area contributed by atoms with Gasteiger partial charge in [0.15, 0.2) is 0 Å². The number of rotatable bonds is 4. The molecular formula is C26H26O2. The molecule has 0 saturated heterocycles. The Labute approximate surface area is 166 Å². The van der Waals surface area contributed by atoms with Crippen LogP contribution in [0.1, 0.15) is 44.5 Å². The van der Waals surface area contributed by atoms with Gasteiger partial charge in [-0.15, -0.1) is 0 Å². The van der Waals surface area contributed by atoms with Crippen LogP contribution in [0.5, 0.6) is 0 Å². The third kappa shape index (κ3) is 2.48. The molecule has 142 valence electrons. The molecule has 0 aromatic heterocycles. The van der Waals surface area contributed by atoms with Gasteiger partial charge in [0.2, 0.25) is 0 Å². The lowest BCUT2D eigenvalue weighted by Gasteiger charge is -2.50. The fourth-order valence-corrected chi connectivity index (χ4v) is 5.55. The van der Waals surface area contributed by atoms with Crippen molar-refractivity contribution in [3.8, 4) is 0 Å². The normalized spacial score (nSPS) is 24.7. The Morgan fingerprint density at radius 1 is 0.643 bits per heavy atom. The molecule has 2 atom stereocenters. The summed E-state index contributed by atoms with van der Waals surface area (Å²) < 4.78 is 0. The molecule has 3 aromatic rings. The minimum absolute atomic E-state index is 0.647. The largest absolute Gasteiger partial charge is 0.384 e. The molecule has 0 amide bonds. The molecular weight excluding hydrogens is 344 g/mol.